The van der Waals surface area contributed by atoms with Crippen LogP contribution in [0.15, 0.2) is 5.16 Å². The maximum atomic E-state index is 13.0. The van der Waals surface area contributed by atoms with Gasteiger partial charge in [-0.05, 0) is 46.0 Å². The molecule has 1 amide bonds. The highest BCUT2D eigenvalue weighted by Gasteiger charge is 2.39. The van der Waals surface area contributed by atoms with E-state index in [-0.39, 0.29) is 28.7 Å². The van der Waals surface area contributed by atoms with Gasteiger partial charge in [0.05, 0.1) is 16.8 Å². The molecule has 1 aliphatic heterocycles. The Labute approximate surface area is 158 Å². The van der Waals surface area contributed by atoms with Crippen molar-refractivity contribution in [1.29, 1.82) is 0 Å². The molecule has 4 rings (SSSR count). The summed E-state index contributed by atoms with van der Waals surface area (Å²) in [6.45, 7) is 4.34. The summed E-state index contributed by atoms with van der Waals surface area (Å²) in [4.78, 5) is 14.7. The Morgan fingerprint density at radius 3 is 2.54 bits per heavy atom. The van der Waals surface area contributed by atoms with Crippen LogP contribution in [0.4, 0.5) is 0 Å². The van der Waals surface area contributed by atoms with Crippen molar-refractivity contribution in [1.82, 2.24) is 19.7 Å². The third-order valence-corrected chi connectivity index (χ3v) is 8.24. The molecule has 2 heterocycles. The van der Waals surface area contributed by atoms with E-state index in [1.54, 1.807) is 4.90 Å². The minimum absolute atomic E-state index is 0.00193. The van der Waals surface area contributed by atoms with Crippen molar-refractivity contribution in [3.05, 3.63) is 5.82 Å². The SMILES string of the molecule is CCN(C(=O)[C@H](C)Sc1nnc(C2CC2)n1C1CC1)[C@H]1CCS(=O)(=O)C1. The highest BCUT2D eigenvalue weighted by molar-refractivity contribution is 8.00. The van der Waals surface area contributed by atoms with Crippen molar-refractivity contribution in [3.8, 4) is 0 Å². The molecule has 0 bridgehead atoms. The van der Waals surface area contributed by atoms with Crippen molar-refractivity contribution in [2.75, 3.05) is 18.1 Å². The second-order valence-electron chi connectivity index (χ2n) is 7.66. The van der Waals surface area contributed by atoms with Crippen LogP contribution in [0.1, 0.15) is 63.7 Å². The van der Waals surface area contributed by atoms with Crippen molar-refractivity contribution < 1.29 is 13.2 Å². The Morgan fingerprint density at radius 2 is 2.00 bits per heavy atom. The molecule has 1 saturated heterocycles. The highest BCUT2D eigenvalue weighted by Crippen LogP contribution is 2.46. The molecule has 3 aliphatic rings. The molecule has 144 valence electrons. The Balaban J connectivity index is 1.47. The summed E-state index contributed by atoms with van der Waals surface area (Å²) < 4.78 is 25.8. The van der Waals surface area contributed by atoms with Crippen LogP contribution in [0.5, 0.6) is 0 Å². The zero-order valence-electron chi connectivity index (χ0n) is 15.3. The molecule has 2 saturated carbocycles. The Morgan fingerprint density at radius 1 is 1.27 bits per heavy atom. The molecule has 7 nitrogen and oxygen atoms in total. The number of thioether (sulfide) groups is 1. The lowest BCUT2D eigenvalue weighted by molar-refractivity contribution is -0.131. The number of amides is 1. The minimum Gasteiger partial charge on any atom is -0.338 e. The van der Waals surface area contributed by atoms with E-state index in [2.05, 4.69) is 14.8 Å². The molecule has 0 spiro atoms. The Bertz CT molecular complexity index is 799. The van der Waals surface area contributed by atoms with Crippen molar-refractivity contribution in [2.24, 2.45) is 0 Å². The number of hydrogen-bond acceptors (Lipinski definition) is 6. The lowest BCUT2D eigenvalue weighted by Gasteiger charge is -2.29. The van der Waals surface area contributed by atoms with Gasteiger partial charge >= 0.3 is 0 Å². The molecule has 1 aromatic rings. The van der Waals surface area contributed by atoms with Gasteiger partial charge in [0, 0.05) is 24.5 Å². The van der Waals surface area contributed by atoms with Crippen LogP contribution in [0.2, 0.25) is 0 Å². The maximum absolute atomic E-state index is 13.0. The van der Waals surface area contributed by atoms with Gasteiger partial charge in [-0.3, -0.25) is 4.79 Å². The van der Waals surface area contributed by atoms with Gasteiger partial charge in [0.1, 0.15) is 5.82 Å². The normalized spacial score (nSPS) is 26.0. The van der Waals surface area contributed by atoms with E-state index in [4.69, 9.17) is 0 Å². The monoisotopic (exact) mass is 398 g/mol. The van der Waals surface area contributed by atoms with Gasteiger partial charge < -0.3 is 9.47 Å². The lowest BCUT2D eigenvalue weighted by atomic mass is 10.2. The molecule has 1 aromatic heterocycles. The van der Waals surface area contributed by atoms with Crippen molar-refractivity contribution in [3.63, 3.8) is 0 Å². The Kier molecular flexibility index (Phi) is 4.79. The number of carbonyl (C=O) groups excluding carboxylic acids is 1. The molecular weight excluding hydrogens is 372 g/mol. The molecule has 2 aliphatic carbocycles. The largest absolute Gasteiger partial charge is 0.338 e. The quantitative estimate of drug-likeness (QED) is 0.653. The van der Waals surface area contributed by atoms with Crippen molar-refractivity contribution in [2.45, 2.75) is 74.4 Å². The van der Waals surface area contributed by atoms with Crippen LogP contribution >= 0.6 is 11.8 Å². The average Bonchev–Trinajstić information content (AvgIpc) is 3.52. The minimum atomic E-state index is -3.00. The second-order valence-corrected chi connectivity index (χ2v) is 11.2. The van der Waals surface area contributed by atoms with Gasteiger partial charge in [-0.25, -0.2) is 8.42 Å². The van der Waals surface area contributed by atoms with Gasteiger partial charge in [0.15, 0.2) is 15.0 Å². The summed E-state index contributed by atoms with van der Waals surface area (Å²) in [5, 5.41) is 9.32. The topological polar surface area (TPSA) is 85.2 Å². The standard InChI is InChI=1S/C17H26N4O3S2/c1-3-20(14-8-9-26(23,24)10-14)16(22)11(2)25-17-19-18-15(12-4-5-12)21(17)13-6-7-13/h11-14H,3-10H2,1-2H3/t11-,14-/m0/s1. The molecule has 0 aromatic carbocycles. The molecule has 0 unspecified atom stereocenters. The zero-order chi connectivity index (χ0) is 18.5. The molecule has 9 heteroatoms. The first-order valence-corrected chi connectivity index (χ1v) is 12.2. The van der Waals surface area contributed by atoms with Crippen LogP contribution in [-0.2, 0) is 14.6 Å². The third-order valence-electron chi connectivity index (χ3n) is 5.45. The van der Waals surface area contributed by atoms with Gasteiger partial charge in [-0.2, -0.15) is 0 Å². The number of hydrogen-bond donors (Lipinski definition) is 0. The fourth-order valence-electron chi connectivity index (χ4n) is 3.72. The first-order chi connectivity index (χ1) is 12.4. The average molecular weight is 399 g/mol. The van der Waals surface area contributed by atoms with E-state index in [1.807, 2.05) is 13.8 Å². The maximum Gasteiger partial charge on any atom is 0.236 e. The van der Waals surface area contributed by atoms with E-state index >= 15 is 0 Å². The molecule has 3 fully saturated rings. The predicted molar refractivity (Wildman–Crippen MR) is 100 cm³/mol. The van der Waals surface area contributed by atoms with Crippen LogP contribution in [0, 0.1) is 0 Å². The molecule has 26 heavy (non-hydrogen) atoms. The zero-order valence-corrected chi connectivity index (χ0v) is 16.9. The number of nitrogens with zero attached hydrogens (tertiary/aromatic N) is 4. The summed E-state index contributed by atoms with van der Waals surface area (Å²) in [5.41, 5.74) is 0. The summed E-state index contributed by atoms with van der Waals surface area (Å²) >= 11 is 1.46. The van der Waals surface area contributed by atoms with Crippen molar-refractivity contribution >= 4 is 27.5 Å². The lowest BCUT2D eigenvalue weighted by Crippen LogP contribution is -2.44. The molecule has 0 radical (unpaired) electrons. The number of rotatable bonds is 7. The first kappa shape index (κ1) is 18.3. The third kappa shape index (κ3) is 3.65. The van der Waals surface area contributed by atoms with E-state index in [0.717, 1.165) is 23.8 Å². The number of sulfone groups is 1. The smallest absolute Gasteiger partial charge is 0.236 e. The van der Waals surface area contributed by atoms with Gasteiger partial charge in [0.2, 0.25) is 5.91 Å². The van der Waals surface area contributed by atoms with Gasteiger partial charge in [-0.1, -0.05) is 11.8 Å². The highest BCUT2D eigenvalue weighted by atomic mass is 32.2. The van der Waals surface area contributed by atoms with Gasteiger partial charge in [-0.15, -0.1) is 10.2 Å². The second kappa shape index (κ2) is 6.82. The van der Waals surface area contributed by atoms with E-state index < -0.39 is 9.84 Å². The number of aromatic nitrogens is 3. The fourth-order valence-corrected chi connectivity index (χ4v) is 6.45. The van der Waals surface area contributed by atoms with Crippen LogP contribution in [0.3, 0.4) is 0 Å². The fraction of sp³-hybridized carbons (Fsp3) is 0.824. The van der Waals surface area contributed by atoms with Gasteiger partial charge in [0.25, 0.3) is 0 Å². The predicted octanol–water partition coefficient (Wildman–Crippen LogP) is 2.01. The van der Waals surface area contributed by atoms with Crippen LogP contribution in [-0.4, -0.2) is 63.3 Å². The summed E-state index contributed by atoms with van der Waals surface area (Å²) in [6.07, 6.45) is 5.24. The first-order valence-electron chi connectivity index (χ1n) is 9.52. The van der Waals surface area contributed by atoms with Crippen LogP contribution in [0.25, 0.3) is 0 Å². The Hall–Kier alpha value is -1.09. The van der Waals surface area contributed by atoms with E-state index in [9.17, 15) is 13.2 Å². The summed E-state index contributed by atoms with van der Waals surface area (Å²) in [6, 6.07) is 0.302. The van der Waals surface area contributed by atoms with E-state index in [0.29, 0.717) is 24.9 Å². The summed E-state index contributed by atoms with van der Waals surface area (Å²) in [7, 11) is -3.00. The molecular formula is C17H26N4O3S2. The summed E-state index contributed by atoms with van der Waals surface area (Å²) in [5.74, 6) is 1.90. The number of carbonyl (C=O) groups is 1. The molecule has 0 N–H and O–H groups in total. The molecule has 2 atom stereocenters. The van der Waals surface area contributed by atoms with Crippen LogP contribution < -0.4 is 0 Å². The van der Waals surface area contributed by atoms with E-state index in [1.165, 1.54) is 24.6 Å².